The van der Waals surface area contributed by atoms with E-state index in [4.69, 9.17) is 11.6 Å². The van der Waals surface area contributed by atoms with Gasteiger partial charge in [-0.2, -0.15) is 0 Å². The molecule has 2 aromatic carbocycles. The van der Waals surface area contributed by atoms with E-state index in [0.717, 1.165) is 0 Å². The lowest BCUT2D eigenvalue weighted by Gasteiger charge is -2.03. The minimum absolute atomic E-state index is 0.0926. The molecule has 0 amide bonds. The standard InChI is InChI=1S/C8H9ClFN.C8H9F2N.3C2H6/c2*1-11-5-6-7(9)3-2-4-8(6)10;3*1-2/h2*2-4,11H,5H2,1H3;3*1-2H3. The lowest BCUT2D eigenvalue weighted by molar-refractivity contribution is 0.546. The molecule has 0 aliphatic rings. The van der Waals surface area contributed by atoms with E-state index in [-0.39, 0.29) is 17.9 Å². The molecule has 28 heavy (non-hydrogen) atoms. The molecular formula is C22H36ClF3N2. The van der Waals surface area contributed by atoms with Gasteiger partial charge in [0, 0.05) is 29.2 Å². The van der Waals surface area contributed by atoms with Crippen LogP contribution >= 0.6 is 11.6 Å². The molecule has 6 heteroatoms. The van der Waals surface area contributed by atoms with Crippen LogP contribution in [0.2, 0.25) is 5.02 Å². The molecule has 2 rings (SSSR count). The number of rotatable bonds is 4. The highest BCUT2D eigenvalue weighted by molar-refractivity contribution is 6.31. The molecular weight excluding hydrogens is 385 g/mol. The largest absolute Gasteiger partial charge is 0.316 e. The van der Waals surface area contributed by atoms with Gasteiger partial charge in [-0.3, -0.25) is 0 Å². The van der Waals surface area contributed by atoms with Crippen LogP contribution in [-0.2, 0) is 13.1 Å². The summed E-state index contributed by atoms with van der Waals surface area (Å²) in [6, 6.07) is 8.52. The van der Waals surface area contributed by atoms with Crippen LogP contribution in [0.15, 0.2) is 36.4 Å². The van der Waals surface area contributed by atoms with Crippen molar-refractivity contribution in [3.63, 3.8) is 0 Å². The van der Waals surface area contributed by atoms with Gasteiger partial charge in [0.25, 0.3) is 0 Å². The first-order valence-electron chi connectivity index (χ1n) is 9.66. The molecule has 2 nitrogen and oxygen atoms in total. The maximum atomic E-state index is 12.9. The number of halogens is 4. The lowest BCUT2D eigenvalue weighted by Crippen LogP contribution is -2.08. The van der Waals surface area contributed by atoms with Gasteiger partial charge in [-0.15, -0.1) is 0 Å². The quantitative estimate of drug-likeness (QED) is 0.558. The third-order valence-electron chi connectivity index (χ3n) is 2.83. The van der Waals surface area contributed by atoms with Gasteiger partial charge >= 0.3 is 0 Å². The van der Waals surface area contributed by atoms with Crippen LogP contribution in [0.5, 0.6) is 0 Å². The fourth-order valence-corrected chi connectivity index (χ4v) is 1.99. The second kappa shape index (κ2) is 21.7. The molecule has 2 aromatic rings. The molecule has 0 saturated heterocycles. The SMILES string of the molecule is CC.CC.CC.CNCc1c(F)cccc1Cl.CNCc1c(F)cccc1F. The Labute approximate surface area is 174 Å². The van der Waals surface area contributed by atoms with Crippen LogP contribution in [0.4, 0.5) is 13.2 Å². The summed E-state index contributed by atoms with van der Waals surface area (Å²) in [5, 5.41) is 6.00. The molecule has 0 spiro atoms. The molecule has 0 saturated carbocycles. The van der Waals surface area contributed by atoms with Crippen LogP contribution in [0.3, 0.4) is 0 Å². The summed E-state index contributed by atoms with van der Waals surface area (Å²) in [7, 11) is 3.40. The molecule has 0 aliphatic heterocycles. The summed E-state index contributed by atoms with van der Waals surface area (Å²) in [4.78, 5) is 0. The Balaban J connectivity index is -0.000000352. The minimum atomic E-state index is -0.501. The normalized spacial score (nSPS) is 8.57. The van der Waals surface area contributed by atoms with E-state index in [1.165, 1.54) is 24.3 Å². The van der Waals surface area contributed by atoms with E-state index < -0.39 is 11.6 Å². The van der Waals surface area contributed by atoms with Crippen molar-refractivity contribution in [3.8, 4) is 0 Å². The summed E-state index contributed by atoms with van der Waals surface area (Å²) in [5.41, 5.74) is 0.617. The summed E-state index contributed by atoms with van der Waals surface area (Å²) in [6.07, 6.45) is 0. The Morgan fingerprint density at radius 2 is 0.964 bits per heavy atom. The second-order valence-electron chi connectivity index (χ2n) is 4.46. The van der Waals surface area contributed by atoms with Gasteiger partial charge in [0.15, 0.2) is 0 Å². The zero-order valence-corrected chi connectivity index (χ0v) is 19.1. The predicted molar refractivity (Wildman–Crippen MR) is 117 cm³/mol. The highest BCUT2D eigenvalue weighted by Crippen LogP contribution is 2.18. The Hall–Kier alpha value is -1.56. The summed E-state index contributed by atoms with van der Waals surface area (Å²) < 4.78 is 38.4. The van der Waals surface area contributed by atoms with Gasteiger partial charge in [0.05, 0.1) is 0 Å². The first kappa shape index (κ1) is 31.1. The number of hydrogen-bond acceptors (Lipinski definition) is 2. The first-order chi connectivity index (χ1) is 13.5. The van der Waals surface area contributed by atoms with Crippen molar-refractivity contribution in [3.05, 3.63) is 70.0 Å². The molecule has 0 aromatic heterocycles. The summed E-state index contributed by atoms with van der Waals surface area (Å²) in [6.45, 7) is 12.7. The smallest absolute Gasteiger partial charge is 0.130 e. The van der Waals surface area contributed by atoms with Crippen LogP contribution in [-0.4, -0.2) is 14.1 Å². The minimum Gasteiger partial charge on any atom is -0.316 e. The third kappa shape index (κ3) is 12.8. The topological polar surface area (TPSA) is 24.1 Å². The van der Waals surface area contributed by atoms with Crippen molar-refractivity contribution in [2.24, 2.45) is 0 Å². The van der Waals surface area contributed by atoms with E-state index in [0.29, 0.717) is 17.1 Å². The van der Waals surface area contributed by atoms with Crippen LogP contribution in [0, 0.1) is 17.5 Å². The van der Waals surface area contributed by atoms with Gasteiger partial charge in [0.1, 0.15) is 17.5 Å². The molecule has 162 valence electrons. The second-order valence-corrected chi connectivity index (χ2v) is 4.87. The Morgan fingerprint density at radius 1 is 0.643 bits per heavy atom. The maximum absolute atomic E-state index is 12.9. The Bertz CT molecular complexity index is 514. The van der Waals surface area contributed by atoms with Gasteiger partial charge in [0.2, 0.25) is 0 Å². The van der Waals surface area contributed by atoms with Crippen molar-refractivity contribution >= 4 is 11.6 Å². The molecule has 0 bridgehead atoms. The van der Waals surface area contributed by atoms with Crippen LogP contribution in [0.25, 0.3) is 0 Å². The number of hydrogen-bond donors (Lipinski definition) is 2. The van der Waals surface area contributed by atoms with E-state index in [9.17, 15) is 13.2 Å². The fraction of sp³-hybridized carbons (Fsp3) is 0.455. The lowest BCUT2D eigenvalue weighted by atomic mass is 10.2. The average Bonchev–Trinajstić information content (AvgIpc) is 2.73. The van der Waals surface area contributed by atoms with Crippen molar-refractivity contribution in [1.82, 2.24) is 10.6 Å². The van der Waals surface area contributed by atoms with Crippen LogP contribution < -0.4 is 10.6 Å². The van der Waals surface area contributed by atoms with Crippen molar-refractivity contribution in [1.29, 1.82) is 0 Å². The van der Waals surface area contributed by atoms with Gasteiger partial charge in [-0.1, -0.05) is 65.3 Å². The molecule has 0 aliphatic carbocycles. The Kier molecular flexibility index (Phi) is 24.2. The number of benzene rings is 2. The average molecular weight is 421 g/mol. The van der Waals surface area contributed by atoms with Crippen molar-refractivity contribution in [2.75, 3.05) is 14.1 Å². The highest BCUT2D eigenvalue weighted by Gasteiger charge is 2.05. The van der Waals surface area contributed by atoms with Crippen LogP contribution in [0.1, 0.15) is 52.7 Å². The maximum Gasteiger partial charge on any atom is 0.130 e. The van der Waals surface area contributed by atoms with Crippen molar-refractivity contribution in [2.45, 2.75) is 54.6 Å². The molecule has 0 fully saturated rings. The zero-order chi connectivity index (χ0) is 22.5. The van der Waals surface area contributed by atoms with Gasteiger partial charge in [-0.05, 0) is 38.4 Å². The predicted octanol–water partition coefficient (Wildman–Crippen LogP) is 6.96. The Morgan fingerprint density at radius 3 is 1.32 bits per heavy atom. The van der Waals surface area contributed by atoms with E-state index in [1.807, 2.05) is 41.5 Å². The van der Waals surface area contributed by atoms with Crippen molar-refractivity contribution < 1.29 is 13.2 Å². The van der Waals surface area contributed by atoms with E-state index in [2.05, 4.69) is 10.6 Å². The van der Waals surface area contributed by atoms with Gasteiger partial charge in [-0.25, -0.2) is 13.2 Å². The third-order valence-corrected chi connectivity index (χ3v) is 3.18. The number of nitrogens with one attached hydrogen (secondary N) is 2. The molecule has 0 atom stereocenters. The van der Waals surface area contributed by atoms with E-state index in [1.54, 1.807) is 26.2 Å². The molecule has 0 heterocycles. The van der Waals surface area contributed by atoms with Gasteiger partial charge < -0.3 is 10.6 Å². The fourth-order valence-electron chi connectivity index (χ4n) is 1.76. The van der Waals surface area contributed by atoms with E-state index >= 15 is 0 Å². The molecule has 0 radical (unpaired) electrons. The zero-order valence-electron chi connectivity index (χ0n) is 18.4. The molecule has 2 N–H and O–H groups in total. The molecule has 0 unspecified atom stereocenters. The summed E-state index contributed by atoms with van der Waals surface area (Å²) >= 11 is 5.73. The summed E-state index contributed by atoms with van der Waals surface area (Å²) in [5.74, 6) is -1.26. The highest BCUT2D eigenvalue weighted by atomic mass is 35.5. The first-order valence-corrected chi connectivity index (χ1v) is 10.0. The monoisotopic (exact) mass is 420 g/mol.